The summed E-state index contributed by atoms with van der Waals surface area (Å²) in [5, 5.41) is 4.34. The molecule has 1 aliphatic heterocycles. The highest BCUT2D eigenvalue weighted by atomic mass is 15.3. The van der Waals surface area contributed by atoms with Gasteiger partial charge in [0, 0.05) is 24.8 Å². The standard InChI is InChI=1S/C14H26N4/c1-11-12(10-16-17(11)4)13(9-15)18-7-5-14(2,3)6-8-18/h10,13H,5-9,15H2,1-4H3. The van der Waals surface area contributed by atoms with Gasteiger partial charge < -0.3 is 5.73 Å². The van der Waals surface area contributed by atoms with E-state index in [2.05, 4.69) is 30.8 Å². The predicted octanol–water partition coefficient (Wildman–Crippen LogP) is 1.85. The molecule has 1 atom stereocenters. The van der Waals surface area contributed by atoms with Gasteiger partial charge in [-0.1, -0.05) is 13.8 Å². The molecule has 0 spiro atoms. The van der Waals surface area contributed by atoms with E-state index in [0.717, 1.165) is 13.1 Å². The van der Waals surface area contributed by atoms with Crippen LogP contribution in [-0.2, 0) is 7.05 Å². The lowest BCUT2D eigenvalue weighted by molar-refractivity contribution is 0.0961. The van der Waals surface area contributed by atoms with Crippen molar-refractivity contribution in [1.82, 2.24) is 14.7 Å². The van der Waals surface area contributed by atoms with E-state index in [-0.39, 0.29) is 0 Å². The van der Waals surface area contributed by atoms with Crippen molar-refractivity contribution in [2.24, 2.45) is 18.2 Å². The van der Waals surface area contributed by atoms with Gasteiger partial charge in [0.15, 0.2) is 0 Å². The Hall–Kier alpha value is -0.870. The fourth-order valence-electron chi connectivity index (χ4n) is 2.76. The zero-order valence-corrected chi connectivity index (χ0v) is 12.1. The summed E-state index contributed by atoms with van der Waals surface area (Å²) in [6, 6.07) is 0.329. The van der Waals surface area contributed by atoms with Crippen molar-refractivity contribution in [3.8, 4) is 0 Å². The Morgan fingerprint density at radius 3 is 2.44 bits per heavy atom. The van der Waals surface area contributed by atoms with E-state index >= 15 is 0 Å². The van der Waals surface area contributed by atoms with Crippen molar-refractivity contribution in [3.05, 3.63) is 17.5 Å². The number of piperidine rings is 1. The summed E-state index contributed by atoms with van der Waals surface area (Å²) in [5.41, 5.74) is 9.01. The zero-order valence-electron chi connectivity index (χ0n) is 12.1. The molecule has 4 heteroatoms. The summed E-state index contributed by atoms with van der Waals surface area (Å²) in [4.78, 5) is 2.52. The second-order valence-corrected chi connectivity index (χ2v) is 6.26. The highest BCUT2D eigenvalue weighted by molar-refractivity contribution is 5.21. The molecule has 0 amide bonds. The van der Waals surface area contributed by atoms with Crippen LogP contribution in [0.5, 0.6) is 0 Å². The Labute approximate surface area is 110 Å². The lowest BCUT2D eigenvalue weighted by Crippen LogP contribution is -2.42. The average Bonchev–Trinajstić information content (AvgIpc) is 2.64. The summed E-state index contributed by atoms with van der Waals surface area (Å²) < 4.78 is 1.94. The fourth-order valence-corrected chi connectivity index (χ4v) is 2.76. The molecule has 0 saturated carbocycles. The second-order valence-electron chi connectivity index (χ2n) is 6.26. The van der Waals surface area contributed by atoms with Gasteiger partial charge in [-0.15, -0.1) is 0 Å². The predicted molar refractivity (Wildman–Crippen MR) is 74.3 cm³/mol. The van der Waals surface area contributed by atoms with Crippen LogP contribution in [0.3, 0.4) is 0 Å². The molecule has 18 heavy (non-hydrogen) atoms. The van der Waals surface area contributed by atoms with Crippen LogP contribution in [0.4, 0.5) is 0 Å². The molecular formula is C14H26N4. The minimum absolute atomic E-state index is 0.329. The molecule has 2 heterocycles. The van der Waals surface area contributed by atoms with Gasteiger partial charge in [0.1, 0.15) is 0 Å². The van der Waals surface area contributed by atoms with Gasteiger partial charge in [-0.3, -0.25) is 9.58 Å². The van der Waals surface area contributed by atoms with Crippen LogP contribution in [0, 0.1) is 12.3 Å². The maximum absolute atomic E-state index is 6.00. The van der Waals surface area contributed by atoms with E-state index in [4.69, 9.17) is 5.73 Å². The first-order chi connectivity index (χ1) is 8.44. The molecule has 0 aliphatic carbocycles. The Morgan fingerprint density at radius 1 is 1.39 bits per heavy atom. The maximum atomic E-state index is 6.00. The molecule has 1 aliphatic rings. The van der Waals surface area contributed by atoms with Crippen molar-refractivity contribution >= 4 is 0 Å². The first-order valence-electron chi connectivity index (χ1n) is 6.87. The molecule has 102 valence electrons. The molecule has 1 unspecified atom stereocenters. The van der Waals surface area contributed by atoms with Gasteiger partial charge in [0.25, 0.3) is 0 Å². The Kier molecular flexibility index (Phi) is 3.78. The number of likely N-dealkylation sites (tertiary alicyclic amines) is 1. The largest absolute Gasteiger partial charge is 0.329 e. The number of nitrogens with zero attached hydrogens (tertiary/aromatic N) is 3. The van der Waals surface area contributed by atoms with E-state index in [0.29, 0.717) is 18.0 Å². The third kappa shape index (κ3) is 2.59. The first kappa shape index (κ1) is 13.6. The van der Waals surface area contributed by atoms with Crippen LogP contribution in [-0.4, -0.2) is 34.3 Å². The molecule has 1 aromatic rings. The lowest BCUT2D eigenvalue weighted by Gasteiger charge is -2.40. The summed E-state index contributed by atoms with van der Waals surface area (Å²) in [6.07, 6.45) is 4.48. The molecule has 0 radical (unpaired) electrons. The van der Waals surface area contributed by atoms with Crippen LogP contribution < -0.4 is 5.73 Å². The van der Waals surface area contributed by atoms with Crippen molar-refractivity contribution < 1.29 is 0 Å². The van der Waals surface area contributed by atoms with Crippen molar-refractivity contribution in [1.29, 1.82) is 0 Å². The number of hydrogen-bond donors (Lipinski definition) is 1. The van der Waals surface area contributed by atoms with Crippen molar-refractivity contribution in [2.75, 3.05) is 19.6 Å². The summed E-state index contributed by atoms with van der Waals surface area (Å²) in [6.45, 7) is 9.80. The number of hydrogen-bond acceptors (Lipinski definition) is 3. The van der Waals surface area contributed by atoms with E-state index in [1.165, 1.54) is 24.1 Å². The topological polar surface area (TPSA) is 47.1 Å². The molecule has 1 fully saturated rings. The van der Waals surface area contributed by atoms with Gasteiger partial charge in [0.05, 0.1) is 12.2 Å². The fraction of sp³-hybridized carbons (Fsp3) is 0.786. The first-order valence-corrected chi connectivity index (χ1v) is 6.87. The van der Waals surface area contributed by atoms with E-state index in [1.54, 1.807) is 0 Å². The minimum atomic E-state index is 0.329. The van der Waals surface area contributed by atoms with E-state index in [9.17, 15) is 0 Å². The van der Waals surface area contributed by atoms with Gasteiger partial charge in [0.2, 0.25) is 0 Å². The maximum Gasteiger partial charge on any atom is 0.0540 e. The average molecular weight is 250 g/mol. The second kappa shape index (κ2) is 5.02. The van der Waals surface area contributed by atoms with Crippen LogP contribution in [0.25, 0.3) is 0 Å². The number of aryl methyl sites for hydroxylation is 1. The molecular weight excluding hydrogens is 224 g/mol. The highest BCUT2D eigenvalue weighted by Crippen LogP contribution is 2.34. The summed E-state index contributed by atoms with van der Waals surface area (Å²) >= 11 is 0. The Balaban J connectivity index is 2.13. The zero-order chi connectivity index (χ0) is 13.3. The molecule has 1 aromatic heterocycles. The smallest absolute Gasteiger partial charge is 0.0540 e. The normalized spacial score (nSPS) is 22.1. The number of nitrogens with two attached hydrogens (primary N) is 1. The van der Waals surface area contributed by atoms with Crippen molar-refractivity contribution in [2.45, 2.75) is 39.7 Å². The molecule has 0 bridgehead atoms. The molecule has 0 aromatic carbocycles. The minimum Gasteiger partial charge on any atom is -0.329 e. The lowest BCUT2D eigenvalue weighted by atomic mass is 9.82. The quantitative estimate of drug-likeness (QED) is 0.890. The third-order valence-electron chi connectivity index (χ3n) is 4.45. The van der Waals surface area contributed by atoms with E-state index in [1.807, 2.05) is 17.9 Å². The van der Waals surface area contributed by atoms with Gasteiger partial charge in [-0.2, -0.15) is 5.10 Å². The molecule has 2 N–H and O–H groups in total. The summed E-state index contributed by atoms with van der Waals surface area (Å²) in [7, 11) is 1.99. The summed E-state index contributed by atoms with van der Waals surface area (Å²) in [5.74, 6) is 0. The van der Waals surface area contributed by atoms with Crippen LogP contribution in [0.15, 0.2) is 6.20 Å². The van der Waals surface area contributed by atoms with E-state index < -0.39 is 0 Å². The number of rotatable bonds is 3. The van der Waals surface area contributed by atoms with Gasteiger partial charge >= 0.3 is 0 Å². The molecule has 1 saturated heterocycles. The van der Waals surface area contributed by atoms with Crippen LogP contribution >= 0.6 is 0 Å². The Bertz CT molecular complexity index is 398. The molecule has 2 rings (SSSR count). The highest BCUT2D eigenvalue weighted by Gasteiger charge is 2.30. The third-order valence-corrected chi connectivity index (χ3v) is 4.45. The SMILES string of the molecule is Cc1c(C(CN)N2CCC(C)(C)CC2)cnn1C. The van der Waals surface area contributed by atoms with Crippen LogP contribution in [0.2, 0.25) is 0 Å². The Morgan fingerprint density at radius 2 is 2.00 bits per heavy atom. The van der Waals surface area contributed by atoms with Gasteiger partial charge in [-0.05, 0) is 38.3 Å². The molecule has 4 nitrogen and oxygen atoms in total. The monoisotopic (exact) mass is 250 g/mol. The van der Waals surface area contributed by atoms with Crippen LogP contribution in [0.1, 0.15) is 44.0 Å². The number of aromatic nitrogens is 2. The van der Waals surface area contributed by atoms with Gasteiger partial charge in [-0.25, -0.2) is 0 Å². The van der Waals surface area contributed by atoms with Crippen molar-refractivity contribution in [3.63, 3.8) is 0 Å².